The highest BCUT2D eigenvalue weighted by molar-refractivity contribution is 5.76. The van der Waals surface area contributed by atoms with Gasteiger partial charge in [-0.15, -0.1) is 0 Å². The monoisotopic (exact) mass is 415 g/mol. The van der Waals surface area contributed by atoms with Gasteiger partial charge in [-0.05, 0) is 51.5 Å². The fraction of sp³-hybridized carbons (Fsp3) is 0.727. The van der Waals surface area contributed by atoms with E-state index in [-0.39, 0.29) is 17.2 Å². The Morgan fingerprint density at radius 2 is 2.03 bits per heavy atom. The van der Waals surface area contributed by atoms with Gasteiger partial charge in [-0.1, -0.05) is 12.1 Å². The van der Waals surface area contributed by atoms with Gasteiger partial charge in [-0.3, -0.25) is 9.48 Å². The van der Waals surface area contributed by atoms with Gasteiger partial charge in [0.2, 0.25) is 11.8 Å². The van der Waals surface area contributed by atoms with Crippen molar-refractivity contribution in [3.05, 3.63) is 28.7 Å². The van der Waals surface area contributed by atoms with Crippen LogP contribution in [-0.4, -0.2) is 57.0 Å². The van der Waals surface area contributed by atoms with Crippen molar-refractivity contribution in [2.45, 2.75) is 70.6 Å². The second-order valence-corrected chi connectivity index (χ2v) is 9.10. The van der Waals surface area contributed by atoms with Gasteiger partial charge in [0.25, 0.3) is 0 Å². The molecule has 2 aromatic rings. The molecule has 2 saturated heterocycles. The van der Waals surface area contributed by atoms with E-state index in [1.54, 1.807) is 0 Å². The second kappa shape index (κ2) is 8.49. The Balaban J connectivity index is 1.40. The van der Waals surface area contributed by atoms with Gasteiger partial charge in [-0.25, -0.2) is 0 Å². The first-order valence-corrected chi connectivity index (χ1v) is 11.1. The van der Waals surface area contributed by atoms with Crippen LogP contribution in [0.4, 0.5) is 0 Å². The Labute approximate surface area is 178 Å². The first-order valence-electron chi connectivity index (χ1n) is 11.1. The number of rotatable bonds is 5. The smallest absolute Gasteiger partial charge is 0.229 e. The molecule has 164 valence electrons. The Bertz CT molecular complexity index is 899. The van der Waals surface area contributed by atoms with Crippen LogP contribution in [0.1, 0.15) is 73.6 Å². The number of hydrogen-bond acceptors (Lipinski definition) is 6. The quantitative estimate of drug-likeness (QED) is 0.746. The zero-order chi connectivity index (χ0) is 21.3. The van der Waals surface area contributed by atoms with Crippen LogP contribution in [0.3, 0.4) is 0 Å². The second-order valence-electron chi connectivity index (χ2n) is 9.10. The molecule has 4 rings (SSSR count). The van der Waals surface area contributed by atoms with Crippen molar-refractivity contribution in [2.75, 3.05) is 26.3 Å². The third-order valence-corrected chi connectivity index (χ3v) is 6.85. The number of carbonyl (C=O) groups excluding carboxylic acids is 1. The van der Waals surface area contributed by atoms with Crippen LogP contribution in [-0.2, 0) is 28.4 Å². The number of aryl methyl sites for hydroxylation is 2. The average molecular weight is 416 g/mol. The summed E-state index contributed by atoms with van der Waals surface area (Å²) in [5.41, 5.74) is 3.07. The summed E-state index contributed by atoms with van der Waals surface area (Å²) in [6.45, 7) is 9.16. The van der Waals surface area contributed by atoms with Gasteiger partial charge in [0, 0.05) is 56.8 Å². The predicted molar refractivity (Wildman–Crippen MR) is 111 cm³/mol. The molecule has 0 saturated carbocycles. The van der Waals surface area contributed by atoms with Gasteiger partial charge in [-0.2, -0.15) is 10.1 Å². The molecule has 1 unspecified atom stereocenters. The largest absolute Gasteiger partial charge is 0.381 e. The third kappa shape index (κ3) is 4.15. The minimum absolute atomic E-state index is 0.191. The summed E-state index contributed by atoms with van der Waals surface area (Å²) >= 11 is 0. The minimum atomic E-state index is -0.263. The molecule has 2 aliphatic rings. The number of likely N-dealkylation sites (tertiary alicyclic amines) is 1. The van der Waals surface area contributed by atoms with E-state index in [2.05, 4.69) is 24.1 Å². The fourth-order valence-corrected chi connectivity index (χ4v) is 4.79. The standard InChI is InChI=1S/C22H33N5O3/c1-15-18(16(2)26(4)24-15)6-7-19(28)27-11-5-10-22(3,14-27)21-23-20(30-25-21)17-8-12-29-13-9-17/h17H,5-14H2,1-4H3. The van der Waals surface area contributed by atoms with E-state index in [9.17, 15) is 4.79 Å². The van der Waals surface area contributed by atoms with Crippen molar-refractivity contribution < 1.29 is 14.1 Å². The Hall–Kier alpha value is -2.22. The SMILES string of the molecule is Cc1nn(C)c(C)c1CCC(=O)N1CCCC(C)(c2noc(C3CCOCC3)n2)C1. The summed E-state index contributed by atoms with van der Waals surface area (Å²) in [4.78, 5) is 19.7. The zero-order valence-electron chi connectivity index (χ0n) is 18.6. The molecule has 30 heavy (non-hydrogen) atoms. The van der Waals surface area contributed by atoms with Gasteiger partial charge in [0.05, 0.1) is 5.69 Å². The molecule has 8 heteroatoms. The fourth-order valence-electron chi connectivity index (χ4n) is 4.79. The molecule has 2 aliphatic heterocycles. The van der Waals surface area contributed by atoms with E-state index >= 15 is 0 Å². The lowest BCUT2D eigenvalue weighted by molar-refractivity contribution is -0.133. The van der Waals surface area contributed by atoms with Crippen molar-refractivity contribution in [3.63, 3.8) is 0 Å². The van der Waals surface area contributed by atoms with Crippen LogP contribution < -0.4 is 0 Å². The Morgan fingerprint density at radius 1 is 1.27 bits per heavy atom. The number of hydrogen-bond donors (Lipinski definition) is 0. The summed E-state index contributed by atoms with van der Waals surface area (Å²) in [5.74, 6) is 1.94. The first-order chi connectivity index (χ1) is 14.4. The van der Waals surface area contributed by atoms with E-state index in [0.717, 1.165) is 75.0 Å². The summed E-state index contributed by atoms with van der Waals surface area (Å²) in [7, 11) is 1.95. The van der Waals surface area contributed by atoms with Gasteiger partial charge in [0.15, 0.2) is 5.82 Å². The summed E-state index contributed by atoms with van der Waals surface area (Å²) in [6, 6.07) is 0. The highest BCUT2D eigenvalue weighted by Crippen LogP contribution is 2.34. The van der Waals surface area contributed by atoms with Gasteiger partial charge >= 0.3 is 0 Å². The van der Waals surface area contributed by atoms with Crippen LogP contribution in [0, 0.1) is 13.8 Å². The van der Waals surface area contributed by atoms with Crippen molar-refractivity contribution in [2.24, 2.45) is 7.05 Å². The van der Waals surface area contributed by atoms with E-state index in [0.29, 0.717) is 13.0 Å². The maximum absolute atomic E-state index is 13.0. The normalized spacial score (nSPS) is 23.1. The molecular formula is C22H33N5O3. The van der Waals surface area contributed by atoms with E-state index in [4.69, 9.17) is 14.2 Å². The molecule has 1 atom stereocenters. The number of amides is 1. The number of piperidine rings is 1. The number of ether oxygens (including phenoxy) is 1. The lowest BCUT2D eigenvalue weighted by Gasteiger charge is -2.38. The number of aromatic nitrogens is 4. The first kappa shape index (κ1) is 21.0. The van der Waals surface area contributed by atoms with E-state index in [1.165, 1.54) is 5.56 Å². The summed E-state index contributed by atoms with van der Waals surface area (Å²) < 4.78 is 12.9. The Morgan fingerprint density at radius 3 is 2.73 bits per heavy atom. The van der Waals surface area contributed by atoms with Gasteiger partial charge in [0.1, 0.15) is 0 Å². The molecule has 0 spiro atoms. The molecule has 2 fully saturated rings. The molecule has 0 N–H and O–H groups in total. The topological polar surface area (TPSA) is 86.3 Å². The lowest BCUT2D eigenvalue weighted by atomic mass is 9.81. The van der Waals surface area contributed by atoms with Crippen LogP contribution in [0.15, 0.2) is 4.52 Å². The molecule has 8 nitrogen and oxygen atoms in total. The average Bonchev–Trinajstić information content (AvgIpc) is 3.33. The molecule has 0 radical (unpaired) electrons. The van der Waals surface area contributed by atoms with Crippen LogP contribution in [0.5, 0.6) is 0 Å². The highest BCUT2D eigenvalue weighted by Gasteiger charge is 2.39. The molecular weight excluding hydrogens is 382 g/mol. The van der Waals surface area contributed by atoms with Crippen molar-refractivity contribution in [1.82, 2.24) is 24.8 Å². The predicted octanol–water partition coefficient (Wildman–Crippen LogP) is 2.83. The highest BCUT2D eigenvalue weighted by atomic mass is 16.5. The summed E-state index contributed by atoms with van der Waals surface area (Å²) in [5, 5.41) is 8.79. The lowest BCUT2D eigenvalue weighted by Crippen LogP contribution is -2.47. The van der Waals surface area contributed by atoms with Crippen LogP contribution in [0.25, 0.3) is 0 Å². The minimum Gasteiger partial charge on any atom is -0.381 e. The molecule has 0 aliphatic carbocycles. The van der Waals surface area contributed by atoms with Crippen molar-refractivity contribution >= 4 is 5.91 Å². The van der Waals surface area contributed by atoms with E-state index < -0.39 is 0 Å². The molecule has 0 bridgehead atoms. The molecule has 2 aromatic heterocycles. The van der Waals surface area contributed by atoms with Gasteiger partial charge < -0.3 is 14.2 Å². The molecule has 4 heterocycles. The van der Waals surface area contributed by atoms with Crippen LogP contribution >= 0.6 is 0 Å². The Kier molecular flexibility index (Phi) is 5.95. The molecule has 1 amide bonds. The zero-order valence-corrected chi connectivity index (χ0v) is 18.6. The van der Waals surface area contributed by atoms with Crippen molar-refractivity contribution in [1.29, 1.82) is 0 Å². The number of carbonyl (C=O) groups is 1. The maximum Gasteiger partial charge on any atom is 0.229 e. The van der Waals surface area contributed by atoms with E-state index in [1.807, 2.05) is 23.6 Å². The maximum atomic E-state index is 13.0. The molecule has 0 aromatic carbocycles. The third-order valence-electron chi connectivity index (χ3n) is 6.85. The van der Waals surface area contributed by atoms with Crippen LogP contribution in [0.2, 0.25) is 0 Å². The summed E-state index contributed by atoms with van der Waals surface area (Å²) in [6.07, 6.45) is 5.00. The van der Waals surface area contributed by atoms with Crippen molar-refractivity contribution in [3.8, 4) is 0 Å². The number of nitrogens with zero attached hydrogens (tertiary/aromatic N) is 5.